The first-order valence-electron chi connectivity index (χ1n) is 11.2. The lowest BCUT2D eigenvalue weighted by atomic mass is 10.1. The molecular formula is C25H27N7O2. The molecule has 0 aliphatic carbocycles. The number of benzene rings is 1. The van der Waals surface area contributed by atoms with Crippen LogP contribution in [0.5, 0.6) is 0 Å². The maximum Gasteiger partial charge on any atom is 0.259 e. The van der Waals surface area contributed by atoms with Gasteiger partial charge in [-0.25, -0.2) is 9.97 Å². The van der Waals surface area contributed by atoms with Crippen LogP contribution in [-0.2, 0) is 4.74 Å². The van der Waals surface area contributed by atoms with Crippen LogP contribution in [0.3, 0.4) is 0 Å². The van der Waals surface area contributed by atoms with Gasteiger partial charge in [-0.1, -0.05) is 0 Å². The zero-order valence-electron chi connectivity index (χ0n) is 19.1. The highest BCUT2D eigenvalue weighted by atomic mass is 16.5. The van der Waals surface area contributed by atoms with E-state index < -0.39 is 0 Å². The number of aryl methyl sites for hydroxylation is 1. The fourth-order valence-electron chi connectivity index (χ4n) is 4.24. The van der Waals surface area contributed by atoms with Crippen molar-refractivity contribution in [2.24, 2.45) is 0 Å². The van der Waals surface area contributed by atoms with Gasteiger partial charge in [-0.05, 0) is 67.3 Å². The van der Waals surface area contributed by atoms with Crippen LogP contribution >= 0.6 is 0 Å². The number of aromatic amines is 1. The van der Waals surface area contributed by atoms with Crippen molar-refractivity contribution in [1.29, 1.82) is 0 Å². The molecular weight excluding hydrogens is 430 g/mol. The van der Waals surface area contributed by atoms with Crippen molar-refractivity contribution in [3.63, 3.8) is 0 Å². The molecule has 3 aromatic heterocycles. The van der Waals surface area contributed by atoms with Crippen molar-refractivity contribution in [1.82, 2.24) is 15.0 Å². The van der Waals surface area contributed by atoms with E-state index in [-0.39, 0.29) is 11.7 Å². The van der Waals surface area contributed by atoms with Gasteiger partial charge in [-0.15, -0.1) is 0 Å². The first-order valence-corrected chi connectivity index (χ1v) is 11.2. The van der Waals surface area contributed by atoms with Crippen LogP contribution in [0.4, 0.5) is 34.5 Å². The SMILES string of the molecule is Cc1cc(Nc2nc(Nc3ccc(N)cn3)cc3cc[nH]c(=O)c23)ccc1N1CCO[C@H](C)C1. The Kier molecular flexibility index (Phi) is 5.77. The number of nitrogen functional groups attached to an aromatic ring is 1. The minimum Gasteiger partial charge on any atom is -0.397 e. The summed E-state index contributed by atoms with van der Waals surface area (Å²) in [6.07, 6.45) is 3.41. The third-order valence-corrected chi connectivity index (χ3v) is 5.84. The number of fused-ring (bicyclic) bond motifs is 1. The van der Waals surface area contributed by atoms with Crippen molar-refractivity contribution in [3.05, 3.63) is 70.8 Å². The Hall–Kier alpha value is -4.11. The van der Waals surface area contributed by atoms with Crippen molar-refractivity contribution >= 4 is 45.3 Å². The summed E-state index contributed by atoms with van der Waals surface area (Å²) in [4.78, 5) is 26.7. The molecule has 0 amide bonds. The Morgan fingerprint density at radius 2 is 2.03 bits per heavy atom. The highest BCUT2D eigenvalue weighted by Crippen LogP contribution is 2.30. The average Bonchev–Trinajstić information content (AvgIpc) is 2.81. The molecule has 0 saturated carbocycles. The van der Waals surface area contributed by atoms with Gasteiger partial charge in [0.25, 0.3) is 5.56 Å². The highest BCUT2D eigenvalue weighted by Gasteiger charge is 2.19. The quantitative estimate of drug-likeness (QED) is 0.356. The Bertz CT molecular complexity index is 1380. The van der Waals surface area contributed by atoms with Gasteiger partial charge in [0.1, 0.15) is 17.5 Å². The normalized spacial score (nSPS) is 15.9. The third-order valence-electron chi connectivity index (χ3n) is 5.84. The van der Waals surface area contributed by atoms with Gasteiger partial charge in [0.15, 0.2) is 0 Å². The molecule has 5 rings (SSSR count). The molecule has 1 aliphatic heterocycles. The average molecular weight is 458 g/mol. The number of aromatic nitrogens is 3. The van der Waals surface area contributed by atoms with E-state index in [1.54, 1.807) is 24.5 Å². The summed E-state index contributed by atoms with van der Waals surface area (Å²) in [7, 11) is 0. The zero-order chi connectivity index (χ0) is 23.7. The maximum atomic E-state index is 12.7. The molecule has 0 spiro atoms. The van der Waals surface area contributed by atoms with Gasteiger partial charge in [0, 0.05) is 30.7 Å². The molecule has 34 heavy (non-hydrogen) atoms. The largest absolute Gasteiger partial charge is 0.397 e. The summed E-state index contributed by atoms with van der Waals surface area (Å²) in [5.41, 5.74) is 9.27. The van der Waals surface area contributed by atoms with Gasteiger partial charge in [0.05, 0.1) is 30.0 Å². The second-order valence-electron chi connectivity index (χ2n) is 8.48. The summed E-state index contributed by atoms with van der Waals surface area (Å²) < 4.78 is 5.67. The number of nitrogens with zero attached hydrogens (tertiary/aromatic N) is 3. The Labute approximate surface area is 197 Å². The van der Waals surface area contributed by atoms with E-state index in [4.69, 9.17) is 10.5 Å². The van der Waals surface area contributed by atoms with Crippen LogP contribution in [0.1, 0.15) is 12.5 Å². The topological polar surface area (TPSA) is 121 Å². The first kappa shape index (κ1) is 21.7. The summed E-state index contributed by atoms with van der Waals surface area (Å²) in [6.45, 7) is 6.63. The molecule has 1 saturated heterocycles. The molecule has 0 bridgehead atoms. The number of hydrogen-bond acceptors (Lipinski definition) is 8. The van der Waals surface area contributed by atoms with Crippen LogP contribution in [0, 0.1) is 6.92 Å². The zero-order valence-corrected chi connectivity index (χ0v) is 19.1. The molecule has 4 heterocycles. The highest BCUT2D eigenvalue weighted by molar-refractivity contribution is 5.94. The Morgan fingerprint density at radius 1 is 1.15 bits per heavy atom. The number of ether oxygens (including phenoxy) is 1. The number of nitrogens with one attached hydrogen (secondary N) is 3. The summed E-state index contributed by atoms with van der Waals surface area (Å²) in [5.74, 6) is 1.63. The van der Waals surface area contributed by atoms with Gasteiger partial charge in [0.2, 0.25) is 0 Å². The minimum atomic E-state index is -0.208. The molecule has 9 nitrogen and oxygen atoms in total. The van der Waals surface area contributed by atoms with Crippen molar-refractivity contribution in [3.8, 4) is 0 Å². The van der Waals surface area contributed by atoms with E-state index in [2.05, 4.69) is 56.5 Å². The standard InChI is InChI=1S/C25H27N7O2/c1-15-11-19(4-5-20(15)32-9-10-34-16(2)14-32)29-24-23-17(7-8-27-25(23)33)12-22(31-24)30-21-6-3-18(26)13-28-21/h3-8,11-13,16H,9-10,14,26H2,1-2H3,(H,27,33)(H2,28,29,30,31)/t16-/m1/s1. The van der Waals surface area contributed by atoms with Crippen LogP contribution in [0.25, 0.3) is 10.8 Å². The second kappa shape index (κ2) is 9.03. The fraction of sp³-hybridized carbons (Fsp3) is 0.240. The van der Waals surface area contributed by atoms with Gasteiger partial charge in [-0.2, -0.15) is 0 Å². The number of nitrogens with two attached hydrogens (primary N) is 1. The molecule has 1 aromatic carbocycles. The monoisotopic (exact) mass is 457 g/mol. The molecule has 9 heteroatoms. The van der Waals surface area contributed by atoms with E-state index in [1.807, 2.05) is 18.2 Å². The van der Waals surface area contributed by atoms with Gasteiger partial charge >= 0.3 is 0 Å². The van der Waals surface area contributed by atoms with Crippen LogP contribution in [0.2, 0.25) is 0 Å². The molecule has 1 aliphatic rings. The van der Waals surface area contributed by atoms with E-state index in [1.165, 1.54) is 5.69 Å². The lowest BCUT2D eigenvalue weighted by Gasteiger charge is -2.34. The predicted molar refractivity (Wildman–Crippen MR) is 136 cm³/mol. The number of rotatable bonds is 5. The van der Waals surface area contributed by atoms with Crippen LogP contribution < -0.4 is 26.8 Å². The molecule has 5 N–H and O–H groups in total. The summed E-state index contributed by atoms with van der Waals surface area (Å²) in [6, 6.07) is 13.4. The molecule has 174 valence electrons. The number of hydrogen-bond donors (Lipinski definition) is 4. The number of H-pyrrole nitrogens is 1. The summed E-state index contributed by atoms with van der Waals surface area (Å²) >= 11 is 0. The van der Waals surface area contributed by atoms with Crippen LogP contribution in [-0.4, -0.2) is 40.8 Å². The number of pyridine rings is 3. The number of morpholine rings is 1. The molecule has 1 atom stereocenters. The maximum absolute atomic E-state index is 12.7. The second-order valence-corrected chi connectivity index (χ2v) is 8.48. The van der Waals surface area contributed by atoms with Crippen molar-refractivity contribution in [2.45, 2.75) is 20.0 Å². The van der Waals surface area contributed by atoms with E-state index >= 15 is 0 Å². The predicted octanol–water partition coefficient (Wildman–Crippen LogP) is 3.92. The van der Waals surface area contributed by atoms with Crippen molar-refractivity contribution in [2.75, 3.05) is 41.0 Å². The fourth-order valence-corrected chi connectivity index (χ4v) is 4.24. The number of anilines is 6. The Morgan fingerprint density at radius 3 is 2.79 bits per heavy atom. The Balaban J connectivity index is 1.48. The molecule has 4 aromatic rings. The lowest BCUT2D eigenvalue weighted by Crippen LogP contribution is -2.41. The first-order chi connectivity index (χ1) is 16.5. The van der Waals surface area contributed by atoms with Crippen LogP contribution in [0.15, 0.2) is 59.7 Å². The van der Waals surface area contributed by atoms with E-state index in [0.717, 1.165) is 36.3 Å². The third kappa shape index (κ3) is 4.51. The molecule has 0 unspecified atom stereocenters. The molecule has 1 fully saturated rings. The minimum absolute atomic E-state index is 0.207. The molecule has 0 radical (unpaired) electrons. The van der Waals surface area contributed by atoms with Gasteiger partial charge < -0.3 is 31.0 Å². The van der Waals surface area contributed by atoms with Crippen molar-refractivity contribution < 1.29 is 4.74 Å². The van der Waals surface area contributed by atoms with E-state index in [9.17, 15) is 4.79 Å². The smallest absolute Gasteiger partial charge is 0.259 e. The van der Waals surface area contributed by atoms with Gasteiger partial charge in [-0.3, -0.25) is 4.79 Å². The van der Waals surface area contributed by atoms with E-state index in [0.29, 0.717) is 28.5 Å². The summed E-state index contributed by atoms with van der Waals surface area (Å²) in [5, 5.41) is 7.78. The lowest BCUT2D eigenvalue weighted by molar-refractivity contribution is 0.0532.